The van der Waals surface area contributed by atoms with Crippen molar-refractivity contribution in [2.45, 2.75) is 57.5 Å². The van der Waals surface area contributed by atoms with Gasteiger partial charge in [-0.2, -0.15) is 0 Å². The summed E-state index contributed by atoms with van der Waals surface area (Å²) in [6, 6.07) is 9.82. The summed E-state index contributed by atoms with van der Waals surface area (Å²) in [7, 11) is 0. The fourth-order valence-electron chi connectivity index (χ4n) is 4.76. The number of carbonyl (C=O) groups is 2. The largest absolute Gasteiger partial charge is 0.480 e. The zero-order valence-electron chi connectivity index (χ0n) is 17.9. The molecular weight excluding hydrogens is 414 g/mol. The van der Waals surface area contributed by atoms with E-state index in [2.05, 4.69) is 5.32 Å². The lowest BCUT2D eigenvalue weighted by atomic mass is 9.91. The van der Waals surface area contributed by atoms with Gasteiger partial charge in [0.15, 0.2) is 0 Å². The maximum absolute atomic E-state index is 14.0. The van der Waals surface area contributed by atoms with E-state index >= 15 is 0 Å². The average Bonchev–Trinajstić information content (AvgIpc) is 3.06. The fraction of sp³-hybridized carbons (Fsp3) is 0.360. The van der Waals surface area contributed by atoms with Crippen LogP contribution >= 0.6 is 0 Å². The first-order valence-corrected chi connectivity index (χ1v) is 10.9. The molecule has 168 valence electrons. The number of fused-ring (bicyclic) bond motifs is 3. The van der Waals surface area contributed by atoms with Crippen molar-refractivity contribution in [2.75, 3.05) is 0 Å². The summed E-state index contributed by atoms with van der Waals surface area (Å²) < 4.78 is 29.2. The Balaban J connectivity index is 1.54. The molecule has 0 spiro atoms. The van der Waals surface area contributed by atoms with Crippen molar-refractivity contribution in [3.63, 3.8) is 0 Å². The second-order valence-electron chi connectivity index (χ2n) is 8.36. The Kier molecular flexibility index (Phi) is 6.26. The second-order valence-corrected chi connectivity index (χ2v) is 8.36. The van der Waals surface area contributed by atoms with E-state index in [1.807, 2.05) is 11.5 Å². The van der Waals surface area contributed by atoms with Crippen molar-refractivity contribution >= 4 is 22.8 Å². The number of hydrogen-bond acceptors (Lipinski definition) is 2. The zero-order valence-corrected chi connectivity index (χ0v) is 17.9. The van der Waals surface area contributed by atoms with Crippen molar-refractivity contribution in [3.05, 3.63) is 70.9 Å². The average molecular weight is 440 g/mol. The highest BCUT2D eigenvalue weighted by Crippen LogP contribution is 2.36. The number of carbonyl (C=O) groups excluding carboxylic acids is 1. The smallest absolute Gasteiger partial charge is 0.326 e. The Bertz CT molecular complexity index is 1170. The Hall–Kier alpha value is -3.22. The van der Waals surface area contributed by atoms with Gasteiger partial charge in [-0.15, -0.1) is 0 Å². The molecule has 0 aliphatic heterocycles. The third kappa shape index (κ3) is 4.38. The van der Waals surface area contributed by atoms with Crippen LogP contribution in [0.1, 0.15) is 49.0 Å². The summed E-state index contributed by atoms with van der Waals surface area (Å²) in [6.45, 7) is 1.82. The zero-order chi connectivity index (χ0) is 22.8. The second kappa shape index (κ2) is 9.10. The number of rotatable bonds is 7. The van der Waals surface area contributed by atoms with E-state index in [-0.39, 0.29) is 30.0 Å². The lowest BCUT2D eigenvalue weighted by molar-refractivity contribution is -0.141. The summed E-state index contributed by atoms with van der Waals surface area (Å²) in [6.07, 6.45) is 2.91. The molecule has 2 aromatic carbocycles. The number of benzene rings is 2. The number of aliphatic carboxylic acids is 1. The summed E-state index contributed by atoms with van der Waals surface area (Å²) in [5.41, 5.74) is 3.29. The molecule has 0 saturated heterocycles. The topological polar surface area (TPSA) is 71.3 Å². The summed E-state index contributed by atoms with van der Waals surface area (Å²) >= 11 is 0. The monoisotopic (exact) mass is 440 g/mol. The van der Waals surface area contributed by atoms with E-state index in [9.17, 15) is 23.5 Å². The van der Waals surface area contributed by atoms with Crippen LogP contribution in [0.3, 0.4) is 0 Å². The predicted octanol–water partition coefficient (Wildman–Crippen LogP) is 4.56. The summed E-state index contributed by atoms with van der Waals surface area (Å²) in [4.78, 5) is 24.4. The molecule has 1 aliphatic carbocycles. The van der Waals surface area contributed by atoms with Crippen molar-refractivity contribution in [2.24, 2.45) is 0 Å². The van der Waals surface area contributed by atoms with E-state index in [0.29, 0.717) is 43.0 Å². The van der Waals surface area contributed by atoms with E-state index in [1.165, 1.54) is 24.3 Å². The first-order valence-electron chi connectivity index (χ1n) is 10.9. The molecule has 32 heavy (non-hydrogen) atoms. The first kappa shape index (κ1) is 22.0. The highest BCUT2D eigenvalue weighted by Gasteiger charge is 2.30. The molecule has 0 radical (unpaired) electrons. The van der Waals surface area contributed by atoms with Crippen LogP contribution in [0.5, 0.6) is 0 Å². The molecule has 2 N–H and O–H groups in total. The quantitative estimate of drug-likeness (QED) is 0.566. The lowest BCUT2D eigenvalue weighted by Crippen LogP contribution is -2.39. The Labute approximate surface area is 185 Å². The van der Waals surface area contributed by atoms with Gasteiger partial charge in [0.2, 0.25) is 5.91 Å². The van der Waals surface area contributed by atoms with Crippen LogP contribution in [0.4, 0.5) is 8.78 Å². The van der Waals surface area contributed by atoms with Crippen LogP contribution in [0, 0.1) is 11.6 Å². The molecule has 0 saturated carbocycles. The standard InChI is InChI=1S/C25H26F2N2O3/c1-2-21(25(31)32)29-22-9-7-17(27)13-19(22)20-14-18(8-10-23(20)29)28-24(30)11-6-15-4-3-5-16(26)12-15/h3-5,7,9,12-13,18,21H,2,6,8,10-11,14H2,1H3,(H,28,30)(H,31,32). The SMILES string of the molecule is CCC(C(=O)O)n1c2c(c3cc(F)ccc31)CC(NC(=O)CCc1cccc(F)c1)CC2. The van der Waals surface area contributed by atoms with Crippen molar-refractivity contribution in [1.82, 2.24) is 9.88 Å². The molecule has 7 heteroatoms. The number of carboxylic acid groups (broad SMARTS) is 1. The molecule has 2 unspecified atom stereocenters. The molecule has 2 atom stereocenters. The van der Waals surface area contributed by atoms with Crippen LogP contribution in [0.15, 0.2) is 42.5 Å². The van der Waals surface area contributed by atoms with Gasteiger partial charge in [-0.3, -0.25) is 4.79 Å². The van der Waals surface area contributed by atoms with Crippen molar-refractivity contribution < 1.29 is 23.5 Å². The number of aryl methyl sites for hydroxylation is 1. The van der Waals surface area contributed by atoms with Gasteiger partial charge in [0.25, 0.3) is 0 Å². The molecular formula is C25H26F2N2O3. The normalized spacial score (nSPS) is 16.5. The third-order valence-corrected chi connectivity index (χ3v) is 6.24. The number of halogens is 2. The van der Waals surface area contributed by atoms with E-state index in [0.717, 1.165) is 16.8 Å². The highest BCUT2D eigenvalue weighted by molar-refractivity contribution is 5.88. The first-order chi connectivity index (χ1) is 15.4. The maximum atomic E-state index is 14.0. The summed E-state index contributed by atoms with van der Waals surface area (Å²) in [5, 5.41) is 13.5. The number of carboxylic acids is 1. The van der Waals surface area contributed by atoms with Crippen LogP contribution in [0.2, 0.25) is 0 Å². The Morgan fingerprint density at radius 1 is 1.19 bits per heavy atom. The van der Waals surface area contributed by atoms with Gasteiger partial charge in [0, 0.05) is 29.1 Å². The van der Waals surface area contributed by atoms with Crippen molar-refractivity contribution in [1.29, 1.82) is 0 Å². The van der Waals surface area contributed by atoms with Crippen LogP contribution in [-0.2, 0) is 28.9 Å². The molecule has 1 amide bonds. The van der Waals surface area contributed by atoms with Gasteiger partial charge >= 0.3 is 5.97 Å². The highest BCUT2D eigenvalue weighted by atomic mass is 19.1. The minimum atomic E-state index is -0.913. The number of amides is 1. The minimum absolute atomic E-state index is 0.116. The van der Waals surface area contributed by atoms with Gasteiger partial charge in [0.1, 0.15) is 17.7 Å². The Morgan fingerprint density at radius 3 is 2.69 bits per heavy atom. The summed E-state index contributed by atoms with van der Waals surface area (Å²) in [5.74, 6) is -1.72. The van der Waals surface area contributed by atoms with E-state index < -0.39 is 12.0 Å². The van der Waals surface area contributed by atoms with Gasteiger partial charge in [-0.05, 0) is 73.6 Å². The Morgan fingerprint density at radius 2 is 1.97 bits per heavy atom. The minimum Gasteiger partial charge on any atom is -0.480 e. The molecule has 1 aromatic heterocycles. The lowest BCUT2D eigenvalue weighted by Gasteiger charge is -2.26. The number of aromatic nitrogens is 1. The maximum Gasteiger partial charge on any atom is 0.326 e. The molecule has 0 fully saturated rings. The van der Waals surface area contributed by atoms with Crippen LogP contribution in [-0.4, -0.2) is 27.6 Å². The van der Waals surface area contributed by atoms with Gasteiger partial charge < -0.3 is 15.0 Å². The fourth-order valence-corrected chi connectivity index (χ4v) is 4.76. The van der Waals surface area contributed by atoms with Gasteiger partial charge in [-0.25, -0.2) is 13.6 Å². The number of hydrogen-bond donors (Lipinski definition) is 2. The molecule has 1 aliphatic rings. The third-order valence-electron chi connectivity index (χ3n) is 6.24. The van der Waals surface area contributed by atoms with E-state index in [1.54, 1.807) is 18.2 Å². The molecule has 0 bridgehead atoms. The van der Waals surface area contributed by atoms with Gasteiger partial charge in [0.05, 0.1) is 0 Å². The van der Waals surface area contributed by atoms with Crippen LogP contribution in [0.25, 0.3) is 10.9 Å². The molecule has 1 heterocycles. The molecule has 3 aromatic rings. The van der Waals surface area contributed by atoms with Crippen LogP contribution < -0.4 is 5.32 Å². The molecule has 5 nitrogen and oxygen atoms in total. The predicted molar refractivity (Wildman–Crippen MR) is 118 cm³/mol. The molecule has 4 rings (SSSR count). The van der Waals surface area contributed by atoms with Gasteiger partial charge in [-0.1, -0.05) is 19.1 Å². The number of nitrogens with one attached hydrogen (secondary N) is 1. The number of nitrogens with zero attached hydrogens (tertiary/aromatic N) is 1. The van der Waals surface area contributed by atoms with E-state index in [4.69, 9.17) is 0 Å². The van der Waals surface area contributed by atoms with Crippen molar-refractivity contribution in [3.8, 4) is 0 Å².